The third kappa shape index (κ3) is 2.97. The molecule has 1 fully saturated rings. The molecule has 4 heteroatoms. The second kappa shape index (κ2) is 6.24. The number of rotatable bonds is 2. The molecule has 4 rings (SSSR count). The Balaban J connectivity index is 1.71. The number of hydrogen-bond acceptors (Lipinski definition) is 2. The Kier molecular flexibility index (Phi) is 4.32. The number of aromatic nitrogens is 1. The molecule has 1 radical (unpaired) electrons. The fourth-order valence-electron chi connectivity index (χ4n) is 4.67. The molecule has 25 heavy (non-hydrogen) atoms. The molecule has 0 bridgehead atoms. The number of pyridine rings is 1. The van der Waals surface area contributed by atoms with Gasteiger partial charge in [0.25, 0.3) is 5.56 Å². The van der Waals surface area contributed by atoms with Crippen molar-refractivity contribution in [2.45, 2.75) is 52.1 Å². The molecule has 1 saturated heterocycles. The standard InChI is InChI=1S/C21H26BrN2O/c1-21(2,3)17-6-4-5-11-23(17)12-15-13-24-18(25)10-8-14-7-9-16(22)19(15)20(14)24/h4,7-10,15,17H,5-6,11-13H2,1-3H3. The Bertz CT molecular complexity index is 865. The molecule has 3 nitrogen and oxygen atoms in total. The summed E-state index contributed by atoms with van der Waals surface area (Å²) in [5, 5.41) is 1.17. The summed E-state index contributed by atoms with van der Waals surface area (Å²) in [5.41, 5.74) is 2.83. The van der Waals surface area contributed by atoms with Gasteiger partial charge in [0.05, 0.1) is 5.52 Å². The molecule has 0 N–H and O–H groups in total. The van der Waals surface area contributed by atoms with Crippen LogP contribution in [0.5, 0.6) is 0 Å². The van der Waals surface area contributed by atoms with Gasteiger partial charge in [-0.15, -0.1) is 0 Å². The van der Waals surface area contributed by atoms with E-state index in [0.29, 0.717) is 12.0 Å². The van der Waals surface area contributed by atoms with Gasteiger partial charge in [0.1, 0.15) is 0 Å². The minimum Gasteiger partial charge on any atom is -0.307 e. The molecule has 0 aliphatic carbocycles. The Morgan fingerprint density at radius 3 is 2.72 bits per heavy atom. The normalized spacial score (nSPS) is 24.2. The molecule has 2 aliphatic rings. The van der Waals surface area contributed by atoms with Crippen LogP contribution in [0.15, 0.2) is 33.5 Å². The highest BCUT2D eigenvalue weighted by Gasteiger charge is 2.36. The van der Waals surface area contributed by atoms with Crippen LogP contribution in [0.1, 0.15) is 45.1 Å². The number of nitrogens with zero attached hydrogens (tertiary/aromatic N) is 2. The molecule has 1 aromatic heterocycles. The summed E-state index contributed by atoms with van der Waals surface area (Å²) in [6.07, 6.45) is 4.77. The average Bonchev–Trinajstić information content (AvgIpc) is 2.94. The molecular weight excluding hydrogens is 376 g/mol. The lowest BCUT2D eigenvalue weighted by Gasteiger charge is -2.44. The van der Waals surface area contributed by atoms with Gasteiger partial charge < -0.3 is 4.57 Å². The SMILES string of the molecule is CC(C)(C)C1C[CH]CCN1CC1Cn2c(=O)ccc3ccc(Br)c1c32. The third-order valence-electron chi connectivity index (χ3n) is 5.85. The smallest absolute Gasteiger partial charge is 0.251 e. The monoisotopic (exact) mass is 401 g/mol. The molecule has 3 heterocycles. The lowest BCUT2D eigenvalue weighted by atomic mass is 9.80. The van der Waals surface area contributed by atoms with Crippen LogP contribution >= 0.6 is 15.9 Å². The molecule has 1 aromatic carbocycles. The predicted octanol–water partition coefficient (Wildman–Crippen LogP) is 4.58. The van der Waals surface area contributed by atoms with E-state index in [1.807, 2.05) is 10.6 Å². The fraction of sp³-hybridized carbons (Fsp3) is 0.524. The van der Waals surface area contributed by atoms with E-state index in [9.17, 15) is 4.79 Å². The van der Waals surface area contributed by atoms with Crippen molar-refractivity contribution in [3.05, 3.63) is 51.1 Å². The van der Waals surface area contributed by atoms with Gasteiger partial charge in [-0.3, -0.25) is 9.69 Å². The number of hydrogen-bond donors (Lipinski definition) is 0. The zero-order valence-electron chi connectivity index (χ0n) is 15.3. The van der Waals surface area contributed by atoms with Gasteiger partial charge in [0.2, 0.25) is 0 Å². The molecule has 2 aliphatic heterocycles. The van der Waals surface area contributed by atoms with Crippen LogP contribution in [0.2, 0.25) is 0 Å². The molecule has 133 valence electrons. The lowest BCUT2D eigenvalue weighted by Crippen LogP contribution is -2.48. The number of halogens is 1. The van der Waals surface area contributed by atoms with Crippen LogP contribution in [0, 0.1) is 11.8 Å². The van der Waals surface area contributed by atoms with E-state index in [0.717, 1.165) is 42.5 Å². The predicted molar refractivity (Wildman–Crippen MR) is 107 cm³/mol. The van der Waals surface area contributed by atoms with E-state index in [-0.39, 0.29) is 11.0 Å². The lowest BCUT2D eigenvalue weighted by molar-refractivity contribution is 0.0739. The first-order chi connectivity index (χ1) is 11.9. The molecule has 2 unspecified atom stereocenters. The first kappa shape index (κ1) is 17.3. The second-order valence-electron chi connectivity index (χ2n) is 8.57. The molecule has 0 spiro atoms. The second-order valence-corrected chi connectivity index (χ2v) is 9.42. The number of piperidine rings is 1. The fourth-order valence-corrected chi connectivity index (χ4v) is 5.31. The summed E-state index contributed by atoms with van der Waals surface area (Å²) >= 11 is 3.76. The largest absolute Gasteiger partial charge is 0.307 e. The number of benzene rings is 1. The van der Waals surface area contributed by atoms with Crippen molar-refractivity contribution in [3.63, 3.8) is 0 Å². The van der Waals surface area contributed by atoms with Gasteiger partial charge >= 0.3 is 0 Å². The highest BCUT2D eigenvalue weighted by molar-refractivity contribution is 9.10. The topological polar surface area (TPSA) is 25.2 Å². The van der Waals surface area contributed by atoms with Crippen LogP contribution in [0.4, 0.5) is 0 Å². The Labute approximate surface area is 158 Å². The summed E-state index contributed by atoms with van der Waals surface area (Å²) in [6, 6.07) is 8.47. The van der Waals surface area contributed by atoms with Crippen molar-refractivity contribution < 1.29 is 0 Å². The van der Waals surface area contributed by atoms with Crippen molar-refractivity contribution in [2.24, 2.45) is 5.41 Å². The van der Waals surface area contributed by atoms with E-state index in [1.165, 1.54) is 10.9 Å². The van der Waals surface area contributed by atoms with Crippen LogP contribution in [-0.4, -0.2) is 28.6 Å². The van der Waals surface area contributed by atoms with E-state index >= 15 is 0 Å². The van der Waals surface area contributed by atoms with E-state index in [4.69, 9.17) is 0 Å². The minimum absolute atomic E-state index is 0.119. The summed E-state index contributed by atoms with van der Waals surface area (Å²) in [4.78, 5) is 15.1. The Morgan fingerprint density at radius 1 is 1.20 bits per heavy atom. The Hall–Kier alpha value is -1.13. The van der Waals surface area contributed by atoms with Crippen LogP contribution in [0.25, 0.3) is 10.9 Å². The van der Waals surface area contributed by atoms with E-state index < -0.39 is 0 Å². The quantitative estimate of drug-likeness (QED) is 0.735. The van der Waals surface area contributed by atoms with Gasteiger partial charge in [0.15, 0.2) is 0 Å². The van der Waals surface area contributed by atoms with Crippen LogP contribution in [0.3, 0.4) is 0 Å². The summed E-state index contributed by atoms with van der Waals surface area (Å²) < 4.78 is 3.11. The maximum atomic E-state index is 12.4. The zero-order valence-corrected chi connectivity index (χ0v) is 16.8. The third-order valence-corrected chi connectivity index (χ3v) is 6.54. The van der Waals surface area contributed by atoms with Gasteiger partial charge in [-0.2, -0.15) is 0 Å². The summed E-state index contributed by atoms with van der Waals surface area (Å²) in [7, 11) is 0. The van der Waals surface area contributed by atoms with Crippen molar-refractivity contribution in [2.75, 3.05) is 13.1 Å². The average molecular weight is 402 g/mol. The first-order valence-electron chi connectivity index (χ1n) is 9.24. The molecular formula is C21H26BrN2O. The summed E-state index contributed by atoms with van der Waals surface area (Å²) in [5.74, 6) is 0.371. The number of likely N-dealkylation sites (tertiary alicyclic amines) is 1. The van der Waals surface area contributed by atoms with Gasteiger partial charge in [-0.25, -0.2) is 0 Å². The highest BCUT2D eigenvalue weighted by atomic mass is 79.9. The van der Waals surface area contributed by atoms with Crippen molar-refractivity contribution >= 4 is 26.8 Å². The zero-order chi connectivity index (χ0) is 17.8. The van der Waals surface area contributed by atoms with Crippen molar-refractivity contribution in [3.8, 4) is 0 Å². The summed E-state index contributed by atoms with van der Waals surface area (Å²) in [6.45, 7) is 9.97. The molecule has 0 amide bonds. The van der Waals surface area contributed by atoms with Gasteiger partial charge in [0, 0.05) is 35.6 Å². The van der Waals surface area contributed by atoms with E-state index in [1.54, 1.807) is 6.07 Å². The van der Waals surface area contributed by atoms with Gasteiger partial charge in [-0.05, 0) is 54.3 Å². The van der Waals surface area contributed by atoms with Crippen molar-refractivity contribution in [1.82, 2.24) is 9.47 Å². The Morgan fingerprint density at radius 2 is 1.96 bits per heavy atom. The van der Waals surface area contributed by atoms with E-state index in [2.05, 4.69) is 60.2 Å². The maximum Gasteiger partial charge on any atom is 0.251 e. The molecule has 2 aromatic rings. The minimum atomic E-state index is 0.119. The maximum absolute atomic E-state index is 12.4. The van der Waals surface area contributed by atoms with Crippen LogP contribution in [-0.2, 0) is 6.54 Å². The molecule has 0 saturated carbocycles. The van der Waals surface area contributed by atoms with Crippen molar-refractivity contribution in [1.29, 1.82) is 0 Å². The van der Waals surface area contributed by atoms with Gasteiger partial charge in [-0.1, -0.05) is 42.8 Å². The van der Waals surface area contributed by atoms with Crippen LogP contribution < -0.4 is 5.56 Å². The first-order valence-corrected chi connectivity index (χ1v) is 10.0. The highest BCUT2D eigenvalue weighted by Crippen LogP contribution is 2.40. The molecule has 2 atom stereocenters.